The summed E-state index contributed by atoms with van der Waals surface area (Å²) < 4.78 is 5.02. The summed E-state index contributed by atoms with van der Waals surface area (Å²) in [6.45, 7) is 0.414. The molecular weight excluding hydrogens is 272 g/mol. The first kappa shape index (κ1) is 14.7. The van der Waals surface area contributed by atoms with Gasteiger partial charge in [-0.15, -0.1) is 0 Å². The average Bonchev–Trinajstić information content (AvgIpc) is 2.48. The monoisotopic (exact) mass is 286 g/mol. The topological polar surface area (TPSA) is 88.5 Å². The summed E-state index contributed by atoms with van der Waals surface area (Å²) in [4.78, 5) is 26.8. The van der Waals surface area contributed by atoms with Gasteiger partial charge in [0, 0.05) is 18.9 Å². The van der Waals surface area contributed by atoms with Crippen molar-refractivity contribution in [3.8, 4) is 0 Å². The number of hydrogen-bond acceptors (Lipinski definition) is 4. The summed E-state index contributed by atoms with van der Waals surface area (Å²) in [6.07, 6.45) is 2.61. The highest BCUT2D eigenvalue weighted by Crippen LogP contribution is 2.12. The second-order valence-corrected chi connectivity index (χ2v) is 4.35. The van der Waals surface area contributed by atoms with Crippen molar-refractivity contribution >= 4 is 17.6 Å². The molecule has 0 aliphatic carbocycles. The number of nitrogens with one attached hydrogen (secondary N) is 1. The van der Waals surface area contributed by atoms with E-state index >= 15 is 0 Å². The third-order valence-electron chi connectivity index (χ3n) is 2.74. The molecule has 2 N–H and O–H groups in total. The molecule has 108 valence electrons. The first-order valence-corrected chi connectivity index (χ1v) is 6.17. The van der Waals surface area contributed by atoms with E-state index in [1.807, 2.05) is 6.07 Å². The number of pyridine rings is 1. The van der Waals surface area contributed by atoms with Gasteiger partial charge >= 0.3 is 5.97 Å². The van der Waals surface area contributed by atoms with Crippen LogP contribution in [0.3, 0.4) is 0 Å². The number of aromatic carboxylic acids is 1. The fraction of sp³-hybridized carbons (Fsp3) is 0.133. The SMILES string of the molecule is COCc1cccc(C(=O)Nc2cncc(C(=O)O)c2)c1. The first-order chi connectivity index (χ1) is 10.1. The number of ether oxygens (including phenoxy) is 1. The van der Waals surface area contributed by atoms with Crippen molar-refractivity contribution in [1.29, 1.82) is 0 Å². The molecule has 0 fully saturated rings. The number of methoxy groups -OCH3 is 1. The fourth-order valence-electron chi connectivity index (χ4n) is 1.80. The Hall–Kier alpha value is -2.73. The number of rotatable bonds is 5. The fourth-order valence-corrected chi connectivity index (χ4v) is 1.80. The van der Waals surface area contributed by atoms with Crippen molar-refractivity contribution in [1.82, 2.24) is 4.98 Å². The van der Waals surface area contributed by atoms with Gasteiger partial charge in [0.25, 0.3) is 5.91 Å². The number of carboxylic acids is 1. The first-order valence-electron chi connectivity index (χ1n) is 6.17. The molecule has 1 heterocycles. The maximum atomic E-state index is 12.1. The van der Waals surface area contributed by atoms with Gasteiger partial charge in [-0.05, 0) is 23.8 Å². The highest BCUT2D eigenvalue weighted by Gasteiger charge is 2.09. The zero-order valence-corrected chi connectivity index (χ0v) is 11.4. The lowest BCUT2D eigenvalue weighted by molar-refractivity contribution is 0.0696. The van der Waals surface area contributed by atoms with Crippen LogP contribution in [0.2, 0.25) is 0 Å². The van der Waals surface area contributed by atoms with Crippen LogP contribution in [0.1, 0.15) is 26.3 Å². The van der Waals surface area contributed by atoms with Crippen LogP contribution in [-0.2, 0) is 11.3 Å². The molecule has 0 radical (unpaired) electrons. The van der Waals surface area contributed by atoms with Gasteiger partial charge < -0.3 is 15.2 Å². The lowest BCUT2D eigenvalue weighted by Gasteiger charge is -2.07. The average molecular weight is 286 g/mol. The molecule has 0 unspecified atom stereocenters. The number of benzene rings is 1. The molecule has 2 aromatic rings. The third kappa shape index (κ3) is 3.87. The Balaban J connectivity index is 2.16. The second kappa shape index (κ2) is 6.62. The van der Waals surface area contributed by atoms with Gasteiger partial charge in [-0.25, -0.2) is 4.79 Å². The molecule has 6 heteroatoms. The van der Waals surface area contributed by atoms with Crippen molar-refractivity contribution in [3.05, 3.63) is 59.4 Å². The molecule has 1 aromatic heterocycles. The van der Waals surface area contributed by atoms with Crippen molar-refractivity contribution in [3.63, 3.8) is 0 Å². The summed E-state index contributed by atoms with van der Waals surface area (Å²) in [6, 6.07) is 8.35. The summed E-state index contributed by atoms with van der Waals surface area (Å²) in [5, 5.41) is 11.5. The predicted octanol–water partition coefficient (Wildman–Crippen LogP) is 2.18. The van der Waals surface area contributed by atoms with E-state index in [-0.39, 0.29) is 11.5 Å². The quantitative estimate of drug-likeness (QED) is 0.879. The van der Waals surface area contributed by atoms with Crippen molar-refractivity contribution in [2.24, 2.45) is 0 Å². The number of carbonyl (C=O) groups excluding carboxylic acids is 1. The molecule has 6 nitrogen and oxygen atoms in total. The Morgan fingerprint density at radius 2 is 2.05 bits per heavy atom. The Morgan fingerprint density at radius 3 is 2.76 bits per heavy atom. The molecule has 2 rings (SSSR count). The van der Waals surface area contributed by atoms with Gasteiger partial charge in [0.15, 0.2) is 0 Å². The highest BCUT2D eigenvalue weighted by atomic mass is 16.5. The minimum absolute atomic E-state index is 0.0148. The van der Waals surface area contributed by atoms with E-state index in [1.165, 1.54) is 18.5 Å². The molecule has 1 aromatic carbocycles. The lowest BCUT2D eigenvalue weighted by atomic mass is 10.1. The number of anilines is 1. The van der Waals surface area contributed by atoms with Crippen molar-refractivity contribution in [2.75, 3.05) is 12.4 Å². The Bertz CT molecular complexity index is 670. The molecule has 0 atom stereocenters. The molecule has 21 heavy (non-hydrogen) atoms. The highest BCUT2D eigenvalue weighted by molar-refractivity contribution is 6.04. The van der Waals surface area contributed by atoms with Crippen LogP contribution >= 0.6 is 0 Å². The molecule has 0 aliphatic rings. The molecule has 0 saturated heterocycles. The minimum atomic E-state index is -1.10. The van der Waals surface area contributed by atoms with Crippen LogP contribution in [-0.4, -0.2) is 29.1 Å². The smallest absolute Gasteiger partial charge is 0.337 e. The third-order valence-corrected chi connectivity index (χ3v) is 2.74. The normalized spacial score (nSPS) is 10.1. The van der Waals surface area contributed by atoms with Crippen LogP contribution in [0.25, 0.3) is 0 Å². The molecule has 0 saturated carbocycles. The Kier molecular flexibility index (Phi) is 4.63. The zero-order chi connectivity index (χ0) is 15.2. The van der Waals surface area contributed by atoms with Crippen LogP contribution in [0, 0.1) is 0 Å². The van der Waals surface area contributed by atoms with Crippen LogP contribution in [0.5, 0.6) is 0 Å². The van der Waals surface area contributed by atoms with Crippen molar-refractivity contribution in [2.45, 2.75) is 6.61 Å². The van der Waals surface area contributed by atoms with Crippen LogP contribution in [0.15, 0.2) is 42.7 Å². The molecule has 0 spiro atoms. The second-order valence-electron chi connectivity index (χ2n) is 4.35. The summed E-state index contributed by atoms with van der Waals surface area (Å²) >= 11 is 0. The van der Waals surface area contributed by atoms with E-state index in [9.17, 15) is 9.59 Å². The number of aromatic nitrogens is 1. The maximum Gasteiger partial charge on any atom is 0.337 e. The number of carbonyl (C=O) groups is 2. The minimum Gasteiger partial charge on any atom is -0.478 e. The maximum absolute atomic E-state index is 12.1. The van der Waals surface area contributed by atoms with Gasteiger partial charge in [-0.3, -0.25) is 9.78 Å². The number of amides is 1. The number of hydrogen-bond donors (Lipinski definition) is 2. The van der Waals surface area contributed by atoms with Gasteiger partial charge in [0.2, 0.25) is 0 Å². The zero-order valence-electron chi connectivity index (χ0n) is 11.4. The van der Waals surface area contributed by atoms with E-state index in [2.05, 4.69) is 10.3 Å². The van der Waals surface area contributed by atoms with Crippen molar-refractivity contribution < 1.29 is 19.4 Å². The summed E-state index contributed by atoms with van der Waals surface area (Å²) in [5.74, 6) is -1.43. The Morgan fingerprint density at radius 1 is 1.24 bits per heavy atom. The standard InChI is InChI=1S/C15H14N2O4/c1-21-9-10-3-2-4-11(5-10)14(18)17-13-6-12(15(19)20)7-16-8-13/h2-8H,9H2,1H3,(H,17,18)(H,19,20). The van der Waals surface area contributed by atoms with Crippen LogP contribution < -0.4 is 5.32 Å². The van der Waals surface area contributed by atoms with Gasteiger partial charge in [-0.1, -0.05) is 12.1 Å². The molecule has 0 bridgehead atoms. The summed E-state index contributed by atoms with van der Waals surface area (Å²) in [7, 11) is 1.58. The predicted molar refractivity (Wildman–Crippen MR) is 76.3 cm³/mol. The van der Waals surface area contributed by atoms with E-state index < -0.39 is 5.97 Å². The molecular formula is C15H14N2O4. The largest absolute Gasteiger partial charge is 0.478 e. The summed E-state index contributed by atoms with van der Waals surface area (Å²) in [5.41, 5.74) is 1.69. The van der Waals surface area contributed by atoms with Crippen LogP contribution in [0.4, 0.5) is 5.69 Å². The van der Waals surface area contributed by atoms with Gasteiger partial charge in [0.1, 0.15) is 0 Å². The number of carboxylic acid groups (broad SMARTS) is 1. The molecule has 0 aliphatic heterocycles. The van der Waals surface area contributed by atoms with Gasteiger partial charge in [-0.2, -0.15) is 0 Å². The molecule has 1 amide bonds. The number of nitrogens with zero attached hydrogens (tertiary/aromatic N) is 1. The Labute approximate surface area is 121 Å². The van der Waals surface area contributed by atoms with E-state index in [1.54, 1.807) is 25.3 Å². The van der Waals surface area contributed by atoms with E-state index in [4.69, 9.17) is 9.84 Å². The van der Waals surface area contributed by atoms with E-state index in [0.29, 0.717) is 17.9 Å². The lowest BCUT2D eigenvalue weighted by Crippen LogP contribution is -2.13. The van der Waals surface area contributed by atoms with E-state index in [0.717, 1.165) is 5.56 Å². The van der Waals surface area contributed by atoms with Gasteiger partial charge in [0.05, 0.1) is 24.1 Å².